The molecule has 20 heteroatoms. The summed E-state index contributed by atoms with van der Waals surface area (Å²) in [6.07, 6.45) is 2.82. The molecule has 212 valence electrons. The van der Waals surface area contributed by atoms with Gasteiger partial charge in [0, 0.05) is 28.1 Å². The van der Waals surface area contributed by atoms with Gasteiger partial charge in [0.1, 0.15) is 22.8 Å². The monoisotopic (exact) mass is 579 g/mol. The largest absolute Gasteiger partial charge is 0.702 e. The van der Waals surface area contributed by atoms with Crippen LogP contribution in [0.5, 0.6) is 0 Å². The fourth-order valence-electron chi connectivity index (χ4n) is 3.30. The van der Waals surface area contributed by atoms with E-state index in [0.717, 1.165) is 0 Å². The fourth-order valence-corrected chi connectivity index (χ4v) is 3.70. The number of ether oxygens (including phenoxy) is 2. The number of H-pyrrole nitrogens is 4. The minimum Gasteiger partial charge on any atom is -0.344 e. The van der Waals surface area contributed by atoms with Crippen molar-refractivity contribution in [2.75, 3.05) is 13.6 Å². The van der Waals surface area contributed by atoms with Crippen LogP contribution in [-0.4, -0.2) is 63.5 Å². The average molecular weight is 579 g/mol. The lowest BCUT2D eigenvalue weighted by molar-refractivity contribution is -0.0284. The number of nitrogens with zero attached hydrogens (tertiary/aromatic N) is 6. The molecule has 0 aromatic carbocycles. The van der Waals surface area contributed by atoms with Crippen molar-refractivity contribution in [1.29, 1.82) is 0 Å². The van der Waals surface area contributed by atoms with E-state index in [9.17, 15) is 23.7 Å². The zero-order valence-electron chi connectivity index (χ0n) is 21.2. The van der Waals surface area contributed by atoms with Crippen LogP contribution in [0.25, 0.3) is 0 Å². The smallest absolute Gasteiger partial charge is 0.344 e. The van der Waals surface area contributed by atoms with Gasteiger partial charge in [0.15, 0.2) is 0 Å². The summed E-state index contributed by atoms with van der Waals surface area (Å²) in [6, 6.07) is 0. The first kappa shape index (κ1) is 28.6. The Bertz CT molecular complexity index is 1590. The van der Waals surface area contributed by atoms with Crippen molar-refractivity contribution in [2.24, 2.45) is 0 Å². The molecule has 4 N–H and O–H groups in total. The zero-order valence-corrected chi connectivity index (χ0v) is 22.1. The number of hydrogen-bond donors (Lipinski definition) is 4. The lowest BCUT2D eigenvalue weighted by Gasteiger charge is -2.05. The van der Waals surface area contributed by atoms with Crippen LogP contribution in [0.3, 0.4) is 0 Å². The number of nitrogens with one attached hydrogen (secondary N) is 4. The Morgan fingerprint density at radius 3 is 1.52 bits per heavy atom. The molecule has 4 rings (SSSR count). The number of aromatic amines is 4. The predicted molar refractivity (Wildman–Crippen MR) is 132 cm³/mol. The van der Waals surface area contributed by atoms with Gasteiger partial charge in [-0.05, 0) is 13.8 Å². The molecule has 0 saturated heterocycles. The Kier molecular flexibility index (Phi) is 9.35. The molecule has 40 heavy (non-hydrogen) atoms. The van der Waals surface area contributed by atoms with Gasteiger partial charge in [-0.1, -0.05) is 9.05 Å². The van der Waals surface area contributed by atoms with E-state index in [1.807, 2.05) is 0 Å². The summed E-state index contributed by atoms with van der Waals surface area (Å²) < 4.78 is 35.0. The maximum Gasteiger partial charge on any atom is 0.702 e. The minimum atomic E-state index is -2.58. The molecule has 0 bridgehead atoms. The summed E-state index contributed by atoms with van der Waals surface area (Å²) in [5.41, 5.74) is 0.148. The van der Waals surface area contributed by atoms with Crippen LogP contribution in [0, 0.1) is 13.8 Å². The SMILES string of the molecule is Cc1cn(Cc2n[nH]nc2COCO[P+](=O)OCOCc2n[nH]nc2Cn2cc(C)c(=O)[nH]c2=O)c(=O)[nH]c1=O. The Morgan fingerprint density at radius 1 is 0.700 bits per heavy atom. The molecule has 0 unspecified atom stereocenters. The maximum absolute atomic E-state index is 12.0. The molecular weight excluding hydrogens is 555 g/mol. The van der Waals surface area contributed by atoms with E-state index in [2.05, 4.69) is 40.8 Å². The van der Waals surface area contributed by atoms with Crippen LogP contribution in [0.4, 0.5) is 0 Å². The van der Waals surface area contributed by atoms with Crippen LogP contribution in [0.15, 0.2) is 31.6 Å². The summed E-state index contributed by atoms with van der Waals surface area (Å²) in [5.74, 6) is 0. The molecule has 4 aromatic heterocycles. The van der Waals surface area contributed by atoms with Gasteiger partial charge < -0.3 is 9.47 Å². The molecular formula is C20H24N10O9P+. The Hall–Kier alpha value is -4.42. The average Bonchev–Trinajstić information content (AvgIpc) is 3.55. The highest BCUT2D eigenvalue weighted by Gasteiger charge is 2.21. The molecule has 0 atom stereocenters. The predicted octanol–water partition coefficient (Wildman–Crippen LogP) is -1.32. The van der Waals surface area contributed by atoms with Crippen molar-refractivity contribution in [3.05, 3.63) is 88.0 Å². The van der Waals surface area contributed by atoms with Gasteiger partial charge in [-0.3, -0.25) is 28.7 Å². The molecule has 0 aliphatic carbocycles. The molecule has 4 aromatic rings. The van der Waals surface area contributed by atoms with Gasteiger partial charge in [-0.25, -0.2) is 9.59 Å². The van der Waals surface area contributed by atoms with E-state index >= 15 is 0 Å². The molecule has 19 nitrogen and oxygen atoms in total. The number of aryl methyl sites for hydroxylation is 2. The first-order chi connectivity index (χ1) is 19.2. The number of rotatable bonds is 14. The molecule has 0 saturated carbocycles. The molecule has 4 heterocycles. The normalized spacial score (nSPS) is 11.2. The second-order valence-corrected chi connectivity index (χ2v) is 9.21. The Labute approximate surface area is 223 Å². The standard InChI is InChI=1S/C20H23N10O9P/c1-11-3-29(19(33)21-17(11)31)5-13-15(25-27-23-13)7-36-9-38-40(35)39-10-37-8-16-14(24-28-26-16)6-30-4-12(2)18(32)22-20(30)34/h3-4H,5-10H2,1-2H3,(H3-,21,22,23,24,25,26,27,28,31,32,33,34)/p+1. The third kappa shape index (κ3) is 7.36. The van der Waals surface area contributed by atoms with E-state index in [4.69, 9.17) is 18.5 Å². The van der Waals surface area contributed by atoms with Crippen LogP contribution >= 0.6 is 8.25 Å². The number of aromatic nitrogens is 10. The molecule has 0 fully saturated rings. The third-order valence-electron chi connectivity index (χ3n) is 5.38. The maximum atomic E-state index is 12.0. The summed E-state index contributed by atoms with van der Waals surface area (Å²) in [4.78, 5) is 51.4. The molecule has 0 aliphatic rings. The van der Waals surface area contributed by atoms with E-state index in [-0.39, 0.29) is 26.3 Å². The lowest BCUT2D eigenvalue weighted by Crippen LogP contribution is -2.31. The highest BCUT2D eigenvalue weighted by atomic mass is 31.1. The van der Waals surface area contributed by atoms with E-state index in [1.54, 1.807) is 13.8 Å². The van der Waals surface area contributed by atoms with E-state index in [0.29, 0.717) is 33.9 Å². The molecule has 0 spiro atoms. The zero-order chi connectivity index (χ0) is 28.6. The van der Waals surface area contributed by atoms with E-state index in [1.165, 1.54) is 21.5 Å². The molecule has 0 aliphatic heterocycles. The second-order valence-electron chi connectivity index (χ2n) is 8.25. The summed E-state index contributed by atoms with van der Waals surface area (Å²) in [7, 11) is -2.58. The quantitative estimate of drug-likeness (QED) is 0.0769. The topological polar surface area (TPSA) is 247 Å². The fraction of sp³-hybridized carbons (Fsp3) is 0.400. The Balaban J connectivity index is 1.17. The van der Waals surface area contributed by atoms with Gasteiger partial charge in [0.05, 0.1) is 26.3 Å². The van der Waals surface area contributed by atoms with Crippen molar-refractivity contribution in [2.45, 2.75) is 40.2 Å². The molecule has 0 amide bonds. The van der Waals surface area contributed by atoms with Gasteiger partial charge in [0.25, 0.3) is 11.1 Å². The minimum absolute atomic E-state index is 0.0374. The van der Waals surface area contributed by atoms with Crippen molar-refractivity contribution >= 4 is 8.25 Å². The second kappa shape index (κ2) is 13.1. The van der Waals surface area contributed by atoms with Gasteiger partial charge in [-0.15, -0.1) is 0 Å². The van der Waals surface area contributed by atoms with Gasteiger partial charge >= 0.3 is 19.6 Å². The summed E-state index contributed by atoms with van der Waals surface area (Å²) in [5, 5.41) is 20.7. The third-order valence-corrected chi connectivity index (χ3v) is 6.02. The highest BCUT2D eigenvalue weighted by molar-refractivity contribution is 7.33. The molecule has 0 radical (unpaired) electrons. The number of hydrogen-bond acceptors (Lipinski definition) is 13. The summed E-state index contributed by atoms with van der Waals surface area (Å²) in [6.45, 7) is 2.26. The van der Waals surface area contributed by atoms with Crippen molar-refractivity contribution in [3.8, 4) is 0 Å². The first-order valence-electron chi connectivity index (χ1n) is 11.5. The van der Waals surface area contributed by atoms with Crippen LogP contribution in [0.2, 0.25) is 0 Å². The first-order valence-corrected chi connectivity index (χ1v) is 12.6. The summed E-state index contributed by atoms with van der Waals surface area (Å²) >= 11 is 0. The highest BCUT2D eigenvalue weighted by Crippen LogP contribution is 2.23. The van der Waals surface area contributed by atoms with Crippen LogP contribution in [-0.2, 0) is 49.4 Å². The van der Waals surface area contributed by atoms with Crippen LogP contribution < -0.4 is 22.5 Å². The van der Waals surface area contributed by atoms with E-state index < -0.39 is 44.3 Å². The van der Waals surface area contributed by atoms with Gasteiger partial charge in [0.2, 0.25) is 13.6 Å². The van der Waals surface area contributed by atoms with Crippen LogP contribution in [0.1, 0.15) is 33.9 Å². The lowest BCUT2D eigenvalue weighted by atomic mass is 10.3. The van der Waals surface area contributed by atoms with Crippen molar-refractivity contribution < 1.29 is 23.1 Å². The Morgan fingerprint density at radius 2 is 1.10 bits per heavy atom. The van der Waals surface area contributed by atoms with Crippen molar-refractivity contribution in [3.63, 3.8) is 0 Å². The van der Waals surface area contributed by atoms with Gasteiger partial charge in [-0.2, -0.15) is 30.8 Å². The van der Waals surface area contributed by atoms with Crippen molar-refractivity contribution in [1.82, 2.24) is 49.9 Å².